The van der Waals surface area contributed by atoms with Gasteiger partial charge in [0.15, 0.2) is 0 Å². The summed E-state index contributed by atoms with van der Waals surface area (Å²) in [4.78, 5) is 11.7. The van der Waals surface area contributed by atoms with Gasteiger partial charge in [-0.25, -0.2) is 9.48 Å². The first-order chi connectivity index (χ1) is 8.22. The lowest BCUT2D eigenvalue weighted by molar-refractivity contribution is 0.250. The molecule has 1 aromatic heterocycles. The molecule has 0 spiro atoms. The molecule has 2 rings (SSSR count). The van der Waals surface area contributed by atoms with E-state index >= 15 is 0 Å². The molecule has 96 valence electrons. The number of nitrogens with one attached hydrogen (secondary N) is 1. The first-order valence-corrected chi connectivity index (χ1v) is 6.48. The highest BCUT2D eigenvalue weighted by Gasteiger charge is 2.23. The number of rotatable bonds is 4. The molecule has 1 heterocycles. The van der Waals surface area contributed by atoms with Gasteiger partial charge in [-0.3, -0.25) is 4.57 Å². The van der Waals surface area contributed by atoms with Gasteiger partial charge in [-0.05, 0) is 25.8 Å². The molecule has 0 aromatic carbocycles. The van der Waals surface area contributed by atoms with Crippen LogP contribution in [0.15, 0.2) is 11.1 Å². The molecule has 5 nitrogen and oxygen atoms in total. The smallest absolute Gasteiger partial charge is 0.315 e. The van der Waals surface area contributed by atoms with Crippen molar-refractivity contribution in [2.75, 3.05) is 7.05 Å². The first kappa shape index (κ1) is 12.4. The van der Waals surface area contributed by atoms with E-state index in [0.717, 1.165) is 0 Å². The van der Waals surface area contributed by atoms with Gasteiger partial charge in [0.25, 0.3) is 0 Å². The van der Waals surface area contributed by atoms with Gasteiger partial charge < -0.3 is 5.32 Å². The van der Waals surface area contributed by atoms with Crippen molar-refractivity contribution in [1.29, 1.82) is 0 Å². The topological polar surface area (TPSA) is 51.9 Å². The van der Waals surface area contributed by atoms with Crippen LogP contribution in [0.1, 0.15) is 32.1 Å². The fourth-order valence-corrected chi connectivity index (χ4v) is 2.74. The molecule has 1 atom stereocenters. The second-order valence-corrected chi connectivity index (χ2v) is 5.00. The quantitative estimate of drug-likeness (QED) is 0.842. The van der Waals surface area contributed by atoms with Crippen LogP contribution in [0, 0.1) is 5.92 Å². The van der Waals surface area contributed by atoms with Crippen LogP contribution in [0.5, 0.6) is 0 Å². The average molecular weight is 238 g/mol. The Morgan fingerprint density at radius 2 is 2.18 bits per heavy atom. The Morgan fingerprint density at radius 1 is 1.47 bits per heavy atom. The molecular weight excluding hydrogens is 216 g/mol. The molecule has 0 saturated heterocycles. The van der Waals surface area contributed by atoms with E-state index in [9.17, 15) is 4.79 Å². The molecule has 1 N–H and O–H groups in total. The van der Waals surface area contributed by atoms with E-state index in [1.54, 1.807) is 18.1 Å². The molecule has 5 heteroatoms. The van der Waals surface area contributed by atoms with E-state index in [4.69, 9.17) is 0 Å². The van der Waals surface area contributed by atoms with Crippen LogP contribution in [0.25, 0.3) is 0 Å². The molecule has 1 saturated carbocycles. The number of nitrogens with zero attached hydrogens (tertiary/aromatic N) is 3. The maximum Gasteiger partial charge on any atom is 0.345 e. The molecule has 0 amide bonds. The minimum Gasteiger partial charge on any atom is -0.315 e. The fourth-order valence-electron chi connectivity index (χ4n) is 2.74. The van der Waals surface area contributed by atoms with Crippen molar-refractivity contribution in [1.82, 2.24) is 19.7 Å². The predicted octanol–water partition coefficient (Wildman–Crippen LogP) is 0.750. The van der Waals surface area contributed by atoms with Crippen LogP contribution in [-0.4, -0.2) is 27.4 Å². The Kier molecular flexibility index (Phi) is 3.99. The summed E-state index contributed by atoms with van der Waals surface area (Å²) in [6.45, 7) is 0.681. The molecule has 0 aliphatic heterocycles. The maximum absolute atomic E-state index is 11.7. The fraction of sp³-hybridized carbons (Fsp3) is 0.833. The van der Waals surface area contributed by atoms with Gasteiger partial charge in [0.2, 0.25) is 0 Å². The number of likely N-dealkylation sites (N-methyl/N-ethyl adjacent to an activating group) is 1. The summed E-state index contributed by atoms with van der Waals surface area (Å²) in [6.07, 6.45) is 8.12. The van der Waals surface area contributed by atoms with Crippen molar-refractivity contribution in [3.8, 4) is 0 Å². The van der Waals surface area contributed by atoms with Crippen LogP contribution in [0.3, 0.4) is 0 Å². The minimum absolute atomic E-state index is 0.0268. The van der Waals surface area contributed by atoms with Gasteiger partial charge in [0.1, 0.15) is 6.33 Å². The van der Waals surface area contributed by atoms with Crippen molar-refractivity contribution in [2.24, 2.45) is 13.0 Å². The van der Waals surface area contributed by atoms with Crippen molar-refractivity contribution >= 4 is 0 Å². The molecule has 1 fully saturated rings. The lowest BCUT2D eigenvalue weighted by Gasteiger charge is -2.29. The third kappa shape index (κ3) is 2.77. The number of aromatic nitrogens is 3. The van der Waals surface area contributed by atoms with E-state index in [1.165, 1.54) is 36.7 Å². The molecule has 0 bridgehead atoms. The SMILES string of the molecule is CNC(Cn1ncn(C)c1=O)C1CCCCC1. The molecule has 1 aromatic rings. The summed E-state index contributed by atoms with van der Waals surface area (Å²) < 4.78 is 3.09. The predicted molar refractivity (Wildman–Crippen MR) is 66.9 cm³/mol. The van der Waals surface area contributed by atoms with Gasteiger partial charge in [-0.15, -0.1) is 0 Å². The Morgan fingerprint density at radius 3 is 2.71 bits per heavy atom. The monoisotopic (exact) mass is 238 g/mol. The summed E-state index contributed by atoms with van der Waals surface area (Å²) in [5, 5.41) is 7.47. The van der Waals surface area contributed by atoms with E-state index < -0.39 is 0 Å². The largest absolute Gasteiger partial charge is 0.345 e. The first-order valence-electron chi connectivity index (χ1n) is 6.48. The Balaban J connectivity index is 2.04. The van der Waals surface area contributed by atoms with Crippen molar-refractivity contribution < 1.29 is 0 Å². The number of hydrogen-bond donors (Lipinski definition) is 1. The van der Waals surface area contributed by atoms with Crippen LogP contribution in [0.2, 0.25) is 0 Å². The van der Waals surface area contributed by atoms with E-state index in [-0.39, 0.29) is 5.69 Å². The normalized spacial score (nSPS) is 19.4. The van der Waals surface area contributed by atoms with Gasteiger partial charge in [0, 0.05) is 13.1 Å². The maximum atomic E-state index is 11.7. The zero-order valence-electron chi connectivity index (χ0n) is 10.7. The van der Waals surface area contributed by atoms with E-state index in [0.29, 0.717) is 18.5 Å². The Labute approximate surface area is 102 Å². The van der Waals surface area contributed by atoms with E-state index in [2.05, 4.69) is 10.4 Å². The lowest BCUT2D eigenvalue weighted by Crippen LogP contribution is -2.41. The molecule has 0 radical (unpaired) electrons. The second kappa shape index (κ2) is 5.49. The van der Waals surface area contributed by atoms with Crippen LogP contribution < -0.4 is 11.0 Å². The highest BCUT2D eigenvalue weighted by Crippen LogP contribution is 2.26. The van der Waals surface area contributed by atoms with Crippen LogP contribution in [0.4, 0.5) is 0 Å². The molecule has 17 heavy (non-hydrogen) atoms. The van der Waals surface area contributed by atoms with Crippen LogP contribution >= 0.6 is 0 Å². The zero-order valence-corrected chi connectivity index (χ0v) is 10.7. The standard InChI is InChI=1S/C12H22N4O/c1-13-11(10-6-4-3-5-7-10)8-16-12(17)15(2)9-14-16/h9-11,13H,3-8H2,1-2H3. The molecule has 1 unspecified atom stereocenters. The molecule has 1 aliphatic carbocycles. The average Bonchev–Trinajstić information content (AvgIpc) is 2.68. The molecular formula is C12H22N4O. The van der Waals surface area contributed by atoms with E-state index in [1.807, 2.05) is 7.05 Å². The van der Waals surface area contributed by atoms with Gasteiger partial charge >= 0.3 is 5.69 Å². The lowest BCUT2D eigenvalue weighted by atomic mass is 9.84. The summed E-state index contributed by atoms with van der Waals surface area (Å²) >= 11 is 0. The van der Waals surface area contributed by atoms with Crippen molar-refractivity contribution in [3.63, 3.8) is 0 Å². The van der Waals surface area contributed by atoms with Crippen LogP contribution in [-0.2, 0) is 13.6 Å². The second-order valence-electron chi connectivity index (χ2n) is 5.00. The summed E-state index contributed by atoms with van der Waals surface area (Å²) in [7, 11) is 3.72. The minimum atomic E-state index is -0.0268. The summed E-state index contributed by atoms with van der Waals surface area (Å²) in [6, 6.07) is 0.364. The summed E-state index contributed by atoms with van der Waals surface area (Å²) in [5.74, 6) is 0.683. The van der Waals surface area contributed by atoms with Gasteiger partial charge in [-0.1, -0.05) is 19.3 Å². The Hall–Kier alpha value is -1.10. The van der Waals surface area contributed by atoms with Gasteiger partial charge in [-0.2, -0.15) is 5.10 Å². The highest BCUT2D eigenvalue weighted by atomic mass is 16.2. The number of hydrogen-bond acceptors (Lipinski definition) is 3. The Bertz CT molecular complexity index is 403. The summed E-state index contributed by atoms with van der Waals surface area (Å²) in [5.41, 5.74) is -0.0268. The third-order valence-corrected chi connectivity index (χ3v) is 3.85. The molecule has 1 aliphatic rings. The zero-order chi connectivity index (χ0) is 12.3. The third-order valence-electron chi connectivity index (χ3n) is 3.85. The van der Waals surface area contributed by atoms with Gasteiger partial charge in [0.05, 0.1) is 6.54 Å². The number of aryl methyl sites for hydroxylation is 1. The van der Waals surface area contributed by atoms with Crippen molar-refractivity contribution in [3.05, 3.63) is 16.8 Å². The van der Waals surface area contributed by atoms with Crippen molar-refractivity contribution in [2.45, 2.75) is 44.7 Å². The highest BCUT2D eigenvalue weighted by molar-refractivity contribution is 4.79.